The molecule has 4 nitrogen and oxygen atoms in total. The van der Waals surface area contributed by atoms with E-state index in [4.69, 9.17) is 4.74 Å². The molecule has 3 heterocycles. The number of nitrogens with zero attached hydrogens (tertiary/aromatic N) is 3. The molecule has 7 rings (SSSR count). The van der Waals surface area contributed by atoms with E-state index in [-0.39, 0.29) is 34.5 Å². The third kappa shape index (κ3) is 4.77. The number of hydrogen-bond donors (Lipinski definition) is 0. The fourth-order valence-electron chi connectivity index (χ4n) is 5.45. The van der Waals surface area contributed by atoms with Crippen molar-refractivity contribution in [2.75, 3.05) is 0 Å². The molecule has 39 heavy (non-hydrogen) atoms. The van der Waals surface area contributed by atoms with E-state index in [1.54, 1.807) is 12.4 Å². The van der Waals surface area contributed by atoms with Gasteiger partial charge in [-0.3, -0.25) is 4.68 Å². The van der Waals surface area contributed by atoms with Gasteiger partial charge in [0.25, 0.3) is 0 Å². The van der Waals surface area contributed by atoms with Gasteiger partial charge in [0.15, 0.2) is 13.4 Å². The average molecular weight is 680 g/mol. The van der Waals surface area contributed by atoms with Crippen LogP contribution in [-0.4, -0.2) is 28.2 Å². The van der Waals surface area contributed by atoms with E-state index in [0.717, 1.165) is 16.6 Å². The molecular formula is C32H21B2N3OPt. The van der Waals surface area contributed by atoms with Gasteiger partial charge in [-0.2, -0.15) is 45.8 Å². The molecule has 4 aromatic carbocycles. The van der Waals surface area contributed by atoms with Gasteiger partial charge in [0.05, 0.1) is 0 Å². The summed E-state index contributed by atoms with van der Waals surface area (Å²) in [5, 5.41) is 4.42. The smallest absolute Gasteiger partial charge is 0.466 e. The topological polar surface area (TPSA) is 39.9 Å². The van der Waals surface area contributed by atoms with Crippen molar-refractivity contribution in [3.63, 3.8) is 0 Å². The monoisotopic (exact) mass is 680 g/mol. The summed E-state index contributed by atoms with van der Waals surface area (Å²) in [4.78, 5) is 4.34. The van der Waals surface area contributed by atoms with Crippen LogP contribution < -0.4 is 37.5 Å². The first-order valence-corrected chi connectivity index (χ1v) is 12.7. The van der Waals surface area contributed by atoms with E-state index in [2.05, 4.69) is 95.0 Å². The maximum absolute atomic E-state index is 6.15. The van der Waals surface area contributed by atoms with Crippen LogP contribution in [0.2, 0.25) is 0 Å². The van der Waals surface area contributed by atoms with Gasteiger partial charge in [0.1, 0.15) is 0 Å². The number of benzene rings is 4. The Morgan fingerprint density at radius 2 is 1.44 bits per heavy atom. The van der Waals surface area contributed by atoms with Crippen molar-refractivity contribution in [2.24, 2.45) is 0 Å². The molecule has 7 heteroatoms. The Hall–Kier alpha value is -4.14. The molecule has 1 aliphatic rings. The zero-order chi connectivity index (χ0) is 25.3. The van der Waals surface area contributed by atoms with Gasteiger partial charge in [-0.05, 0) is 17.8 Å². The summed E-state index contributed by atoms with van der Waals surface area (Å²) < 4.78 is 7.99. The molecule has 6 aromatic rings. The fraction of sp³-hybridized carbons (Fsp3) is 0. The molecule has 0 bridgehead atoms. The summed E-state index contributed by atoms with van der Waals surface area (Å²) in [5.74, 6) is 1.19. The van der Waals surface area contributed by atoms with Gasteiger partial charge in [-0.25, -0.2) is 4.98 Å². The van der Waals surface area contributed by atoms with E-state index < -0.39 is 0 Å². The van der Waals surface area contributed by atoms with E-state index in [1.165, 1.54) is 21.9 Å². The van der Waals surface area contributed by atoms with Crippen LogP contribution in [0, 0.1) is 12.1 Å². The second-order valence-corrected chi connectivity index (χ2v) is 9.31. The van der Waals surface area contributed by atoms with Gasteiger partial charge in [0, 0.05) is 30.4 Å². The maximum atomic E-state index is 6.15. The second kappa shape index (κ2) is 10.9. The molecule has 0 spiro atoms. The number of aromatic nitrogens is 3. The van der Waals surface area contributed by atoms with Crippen molar-refractivity contribution in [1.29, 1.82) is 0 Å². The van der Waals surface area contributed by atoms with Crippen LogP contribution in [0.3, 0.4) is 0 Å². The van der Waals surface area contributed by atoms with Crippen molar-refractivity contribution in [3.05, 3.63) is 140 Å². The number of fused-ring (bicyclic) bond motifs is 2. The first-order chi connectivity index (χ1) is 18.8. The van der Waals surface area contributed by atoms with Gasteiger partial charge in [-0.1, -0.05) is 77.1 Å². The van der Waals surface area contributed by atoms with Crippen LogP contribution in [-0.2, 0) is 21.1 Å². The van der Waals surface area contributed by atoms with Crippen LogP contribution in [0.25, 0.3) is 5.69 Å². The SMILES string of the molecule is [Pt+2].[c-]1c(B2c3[c-]c(Oc4ccccn4)ccc3B(c3ccccc3)c3ccccc32)cccc1-n1cccn1. The Morgan fingerprint density at radius 1 is 0.641 bits per heavy atom. The normalized spacial score (nSPS) is 11.8. The molecule has 0 aliphatic carbocycles. The Labute approximate surface area is 243 Å². The maximum Gasteiger partial charge on any atom is 2.00 e. The molecule has 1 aliphatic heterocycles. The number of rotatable bonds is 5. The van der Waals surface area contributed by atoms with Crippen LogP contribution in [0.4, 0.5) is 0 Å². The standard InChI is InChI=1S/C32H21B2N3O.Pt/c1-2-10-24(11-3-1)33-28-14-4-5-15-29(28)34(25-12-8-13-26(22-25)37-21-9-20-36-37)31-23-27(17-18-30(31)33)38-32-16-6-7-19-35-32;/h1-21H;/q-2;+2. The third-order valence-electron chi connectivity index (χ3n) is 7.05. The minimum absolute atomic E-state index is 0. The molecule has 0 saturated heterocycles. The van der Waals surface area contributed by atoms with E-state index in [9.17, 15) is 0 Å². The first-order valence-electron chi connectivity index (χ1n) is 12.7. The van der Waals surface area contributed by atoms with Crippen LogP contribution in [0.15, 0.2) is 128 Å². The van der Waals surface area contributed by atoms with Crippen LogP contribution in [0.1, 0.15) is 0 Å². The average Bonchev–Trinajstić information content (AvgIpc) is 3.52. The zero-order valence-electron chi connectivity index (χ0n) is 20.8. The number of ether oxygens (including phenoxy) is 1. The summed E-state index contributed by atoms with van der Waals surface area (Å²) in [6, 6.07) is 44.7. The van der Waals surface area contributed by atoms with Gasteiger partial charge >= 0.3 is 21.1 Å². The predicted molar refractivity (Wildman–Crippen MR) is 154 cm³/mol. The summed E-state index contributed by atoms with van der Waals surface area (Å²) >= 11 is 0. The third-order valence-corrected chi connectivity index (χ3v) is 7.05. The number of pyridine rings is 1. The van der Waals surface area contributed by atoms with Crippen molar-refractivity contribution in [2.45, 2.75) is 0 Å². The van der Waals surface area contributed by atoms with Crippen molar-refractivity contribution in [3.8, 4) is 17.3 Å². The van der Waals surface area contributed by atoms with Crippen molar-refractivity contribution in [1.82, 2.24) is 14.8 Å². The van der Waals surface area contributed by atoms with E-state index in [1.807, 2.05) is 47.3 Å². The Morgan fingerprint density at radius 3 is 2.21 bits per heavy atom. The van der Waals surface area contributed by atoms with Gasteiger partial charge in [0.2, 0.25) is 5.88 Å². The molecule has 0 N–H and O–H groups in total. The van der Waals surface area contributed by atoms with Crippen LogP contribution >= 0.6 is 0 Å². The Balaban J connectivity index is 0.00000277. The molecule has 186 valence electrons. The minimum Gasteiger partial charge on any atom is -0.466 e. The van der Waals surface area contributed by atoms with E-state index in [0.29, 0.717) is 11.6 Å². The first kappa shape index (κ1) is 25.2. The fourth-order valence-corrected chi connectivity index (χ4v) is 5.45. The Bertz CT molecular complexity index is 1710. The quantitative estimate of drug-likeness (QED) is 0.207. The number of hydrogen-bond acceptors (Lipinski definition) is 3. The van der Waals surface area contributed by atoms with E-state index >= 15 is 0 Å². The summed E-state index contributed by atoms with van der Waals surface area (Å²) in [6.45, 7) is 0.0251. The molecular weight excluding hydrogens is 659 g/mol. The summed E-state index contributed by atoms with van der Waals surface area (Å²) in [5.41, 5.74) is 8.05. The predicted octanol–water partition coefficient (Wildman–Crippen LogP) is 2.00. The molecule has 0 fully saturated rings. The molecule has 0 amide bonds. The summed E-state index contributed by atoms with van der Waals surface area (Å²) in [6.07, 6.45) is 5.45. The van der Waals surface area contributed by atoms with Crippen molar-refractivity contribution < 1.29 is 25.8 Å². The van der Waals surface area contributed by atoms with Gasteiger partial charge < -0.3 is 4.74 Å². The Kier molecular flexibility index (Phi) is 7.04. The van der Waals surface area contributed by atoms with Crippen LogP contribution in [0.5, 0.6) is 11.6 Å². The van der Waals surface area contributed by atoms with Crippen molar-refractivity contribution >= 4 is 46.2 Å². The molecule has 0 unspecified atom stereocenters. The zero-order valence-corrected chi connectivity index (χ0v) is 23.1. The largest absolute Gasteiger partial charge is 2.00 e. The minimum atomic E-state index is -0.0658. The second-order valence-electron chi connectivity index (χ2n) is 9.31. The summed E-state index contributed by atoms with van der Waals surface area (Å²) in [7, 11) is 0. The van der Waals surface area contributed by atoms with Gasteiger partial charge in [-0.15, -0.1) is 18.2 Å². The molecule has 0 atom stereocenters. The molecule has 2 aromatic heterocycles. The molecule has 0 saturated carbocycles. The molecule has 0 radical (unpaired) electrons.